The van der Waals surface area contributed by atoms with Gasteiger partial charge in [-0.3, -0.25) is 0 Å². The fourth-order valence-electron chi connectivity index (χ4n) is 1.49. The molecule has 2 heteroatoms. The summed E-state index contributed by atoms with van der Waals surface area (Å²) in [6, 6.07) is 13.5. The highest BCUT2D eigenvalue weighted by atomic mass is 16.3. The molecule has 18 heavy (non-hydrogen) atoms. The predicted octanol–water partition coefficient (Wildman–Crippen LogP) is 2.71. The molecule has 0 unspecified atom stereocenters. The highest BCUT2D eigenvalue weighted by molar-refractivity contribution is 5.40. The van der Waals surface area contributed by atoms with Crippen LogP contribution in [0.2, 0.25) is 0 Å². The quantitative estimate of drug-likeness (QED) is 0.774. The van der Waals surface area contributed by atoms with Gasteiger partial charge in [0.2, 0.25) is 0 Å². The Morgan fingerprint density at radius 2 is 1.72 bits per heavy atom. The first-order chi connectivity index (χ1) is 8.55. The van der Waals surface area contributed by atoms with Gasteiger partial charge in [0.05, 0.1) is 5.60 Å². The van der Waals surface area contributed by atoms with Crippen molar-refractivity contribution in [1.29, 1.82) is 0 Å². The van der Waals surface area contributed by atoms with E-state index >= 15 is 0 Å². The molecule has 1 aromatic heterocycles. The fraction of sp³-hybridized carbons (Fsp3) is 0.188. The van der Waals surface area contributed by atoms with Gasteiger partial charge >= 0.3 is 0 Å². The van der Waals surface area contributed by atoms with E-state index in [4.69, 9.17) is 0 Å². The van der Waals surface area contributed by atoms with Crippen LogP contribution in [0.3, 0.4) is 0 Å². The average molecular weight is 237 g/mol. The number of benzene rings is 1. The largest absolute Gasteiger partial charge is 0.386 e. The SMILES string of the molecule is CC(C)(O)c1ccc(C#Cc2ccccc2)nc1. The van der Waals surface area contributed by atoms with Crippen LogP contribution in [0.15, 0.2) is 48.7 Å². The van der Waals surface area contributed by atoms with Crippen molar-refractivity contribution in [3.05, 3.63) is 65.5 Å². The van der Waals surface area contributed by atoms with Crippen molar-refractivity contribution in [2.45, 2.75) is 19.4 Å². The molecule has 0 saturated carbocycles. The van der Waals surface area contributed by atoms with Crippen molar-refractivity contribution in [3.63, 3.8) is 0 Å². The van der Waals surface area contributed by atoms with Crippen molar-refractivity contribution in [3.8, 4) is 11.8 Å². The maximum Gasteiger partial charge on any atom is 0.113 e. The second kappa shape index (κ2) is 5.03. The molecule has 2 aromatic rings. The maximum absolute atomic E-state index is 9.81. The maximum atomic E-state index is 9.81. The number of pyridine rings is 1. The van der Waals surface area contributed by atoms with E-state index in [1.807, 2.05) is 42.5 Å². The molecule has 0 saturated heterocycles. The monoisotopic (exact) mass is 237 g/mol. The first-order valence-corrected chi connectivity index (χ1v) is 5.82. The summed E-state index contributed by atoms with van der Waals surface area (Å²) in [5, 5.41) is 9.81. The molecule has 1 aromatic carbocycles. The molecule has 0 amide bonds. The zero-order chi connectivity index (χ0) is 13.0. The topological polar surface area (TPSA) is 33.1 Å². The molecule has 2 rings (SSSR count). The number of hydrogen-bond donors (Lipinski definition) is 1. The van der Waals surface area contributed by atoms with Crippen LogP contribution in [0.1, 0.15) is 30.7 Å². The third kappa shape index (κ3) is 3.19. The normalized spacial score (nSPS) is 10.6. The molecule has 1 heterocycles. The van der Waals surface area contributed by atoms with Crippen LogP contribution in [0, 0.1) is 11.8 Å². The molecule has 1 N–H and O–H groups in total. The van der Waals surface area contributed by atoms with E-state index in [2.05, 4.69) is 16.8 Å². The molecule has 0 atom stereocenters. The molecule has 90 valence electrons. The molecule has 0 spiro atoms. The second-order valence-corrected chi connectivity index (χ2v) is 4.61. The van der Waals surface area contributed by atoms with E-state index in [9.17, 15) is 5.11 Å². The van der Waals surface area contributed by atoms with Crippen LogP contribution in [0.25, 0.3) is 0 Å². The lowest BCUT2D eigenvalue weighted by molar-refractivity contribution is 0.0782. The Bertz CT molecular complexity index is 568. The van der Waals surface area contributed by atoms with E-state index in [1.54, 1.807) is 20.0 Å². The summed E-state index contributed by atoms with van der Waals surface area (Å²) in [5.74, 6) is 6.04. The highest BCUT2D eigenvalue weighted by Crippen LogP contribution is 2.17. The highest BCUT2D eigenvalue weighted by Gasteiger charge is 2.15. The van der Waals surface area contributed by atoms with Crippen LogP contribution < -0.4 is 0 Å². The smallest absolute Gasteiger partial charge is 0.113 e. The summed E-state index contributed by atoms with van der Waals surface area (Å²) >= 11 is 0. The van der Waals surface area contributed by atoms with Gasteiger partial charge in [-0.15, -0.1) is 0 Å². The molecule has 0 aliphatic carbocycles. The Balaban J connectivity index is 2.20. The number of hydrogen-bond acceptors (Lipinski definition) is 2. The Hall–Kier alpha value is -2.11. The Morgan fingerprint density at radius 3 is 2.28 bits per heavy atom. The number of nitrogens with zero attached hydrogens (tertiary/aromatic N) is 1. The standard InChI is InChI=1S/C16H15NO/c1-16(2,18)14-9-11-15(17-12-14)10-8-13-6-4-3-5-7-13/h3-7,9,11-12,18H,1-2H3. The molecule has 0 radical (unpaired) electrons. The summed E-state index contributed by atoms with van der Waals surface area (Å²) in [6.07, 6.45) is 1.66. The zero-order valence-electron chi connectivity index (χ0n) is 10.5. The molecule has 0 aliphatic rings. The van der Waals surface area contributed by atoms with Crippen LogP contribution in [-0.2, 0) is 5.60 Å². The Labute approximate surface area is 107 Å². The van der Waals surface area contributed by atoms with Crippen LogP contribution in [0.5, 0.6) is 0 Å². The molecule has 2 nitrogen and oxygen atoms in total. The van der Waals surface area contributed by atoms with Gasteiger partial charge in [-0.1, -0.05) is 30.2 Å². The van der Waals surface area contributed by atoms with Crippen molar-refractivity contribution < 1.29 is 5.11 Å². The minimum Gasteiger partial charge on any atom is -0.386 e. The lowest BCUT2D eigenvalue weighted by atomic mass is 10.0. The Morgan fingerprint density at radius 1 is 1.00 bits per heavy atom. The van der Waals surface area contributed by atoms with Crippen molar-refractivity contribution in [1.82, 2.24) is 4.98 Å². The van der Waals surface area contributed by atoms with E-state index in [1.165, 1.54) is 0 Å². The summed E-state index contributed by atoms with van der Waals surface area (Å²) in [7, 11) is 0. The van der Waals surface area contributed by atoms with Gasteiger partial charge < -0.3 is 5.11 Å². The number of aliphatic hydroxyl groups is 1. The van der Waals surface area contributed by atoms with E-state index < -0.39 is 5.60 Å². The van der Waals surface area contributed by atoms with Gasteiger partial charge in [0.15, 0.2) is 0 Å². The summed E-state index contributed by atoms with van der Waals surface area (Å²) < 4.78 is 0. The first kappa shape index (κ1) is 12.3. The summed E-state index contributed by atoms with van der Waals surface area (Å²) in [4.78, 5) is 4.23. The van der Waals surface area contributed by atoms with E-state index in [0.717, 1.165) is 11.1 Å². The first-order valence-electron chi connectivity index (χ1n) is 5.82. The van der Waals surface area contributed by atoms with Gasteiger partial charge in [0.1, 0.15) is 5.69 Å². The molecule has 0 fully saturated rings. The van der Waals surface area contributed by atoms with Crippen LogP contribution in [0.4, 0.5) is 0 Å². The van der Waals surface area contributed by atoms with Gasteiger partial charge in [0, 0.05) is 17.3 Å². The van der Waals surface area contributed by atoms with Gasteiger partial charge in [-0.25, -0.2) is 4.98 Å². The summed E-state index contributed by atoms with van der Waals surface area (Å²) in [6.45, 7) is 3.47. The van der Waals surface area contributed by atoms with Crippen molar-refractivity contribution in [2.24, 2.45) is 0 Å². The van der Waals surface area contributed by atoms with Crippen molar-refractivity contribution >= 4 is 0 Å². The number of rotatable bonds is 1. The fourth-order valence-corrected chi connectivity index (χ4v) is 1.49. The number of aromatic nitrogens is 1. The van der Waals surface area contributed by atoms with Gasteiger partial charge in [0.25, 0.3) is 0 Å². The lowest BCUT2D eigenvalue weighted by Gasteiger charge is -2.16. The van der Waals surface area contributed by atoms with Crippen LogP contribution in [-0.4, -0.2) is 10.1 Å². The molecule has 0 aliphatic heterocycles. The minimum atomic E-state index is -0.863. The molecular weight excluding hydrogens is 222 g/mol. The van der Waals surface area contributed by atoms with E-state index in [-0.39, 0.29) is 0 Å². The third-order valence-corrected chi connectivity index (χ3v) is 2.58. The van der Waals surface area contributed by atoms with Crippen molar-refractivity contribution in [2.75, 3.05) is 0 Å². The second-order valence-electron chi connectivity index (χ2n) is 4.61. The average Bonchev–Trinajstić information content (AvgIpc) is 2.37. The lowest BCUT2D eigenvalue weighted by Crippen LogP contribution is -2.15. The predicted molar refractivity (Wildman–Crippen MR) is 71.9 cm³/mol. The summed E-state index contributed by atoms with van der Waals surface area (Å²) in [5.41, 5.74) is 1.59. The van der Waals surface area contributed by atoms with Gasteiger partial charge in [-0.2, -0.15) is 0 Å². The van der Waals surface area contributed by atoms with Crippen LogP contribution >= 0.6 is 0 Å². The zero-order valence-corrected chi connectivity index (χ0v) is 10.5. The van der Waals surface area contributed by atoms with Gasteiger partial charge in [-0.05, 0) is 38.0 Å². The minimum absolute atomic E-state index is 0.701. The third-order valence-electron chi connectivity index (χ3n) is 2.58. The molecular formula is C16H15NO. The molecule has 0 bridgehead atoms. The van der Waals surface area contributed by atoms with E-state index in [0.29, 0.717) is 5.69 Å². The Kier molecular flexibility index (Phi) is 3.45.